The summed E-state index contributed by atoms with van der Waals surface area (Å²) in [5, 5.41) is 4.34. The lowest BCUT2D eigenvalue weighted by Crippen LogP contribution is -2.43. The molecule has 3 aromatic carbocycles. The van der Waals surface area contributed by atoms with E-state index in [9.17, 15) is 14.0 Å². The second-order valence-corrected chi connectivity index (χ2v) is 11.2. The van der Waals surface area contributed by atoms with Crippen LogP contribution in [0.15, 0.2) is 72.8 Å². The van der Waals surface area contributed by atoms with Crippen LogP contribution in [-0.2, 0) is 9.59 Å². The SMILES string of the molecule is Cc1ccc(-n2nc(-c3ccccc3)c3c2N(CC(=O)N2CCCC2)C(=O)CSC3c2ccc(F)cc2F)cc1. The van der Waals surface area contributed by atoms with E-state index >= 15 is 4.39 Å². The van der Waals surface area contributed by atoms with E-state index in [2.05, 4.69) is 0 Å². The number of hydrogen-bond donors (Lipinski definition) is 0. The zero-order valence-corrected chi connectivity index (χ0v) is 22.8. The van der Waals surface area contributed by atoms with Crippen molar-refractivity contribution in [3.8, 4) is 16.9 Å². The number of carbonyl (C=O) groups excluding carboxylic acids is 2. The van der Waals surface area contributed by atoms with E-state index in [1.54, 1.807) is 9.58 Å². The molecule has 1 aromatic heterocycles. The number of likely N-dealkylation sites (tertiary alicyclic amines) is 1. The van der Waals surface area contributed by atoms with Gasteiger partial charge in [0.05, 0.1) is 22.4 Å². The summed E-state index contributed by atoms with van der Waals surface area (Å²) in [6, 6.07) is 20.8. The van der Waals surface area contributed by atoms with Crippen LogP contribution in [0.3, 0.4) is 0 Å². The molecule has 0 saturated carbocycles. The highest BCUT2D eigenvalue weighted by Gasteiger charge is 2.39. The zero-order chi connectivity index (χ0) is 27.8. The molecule has 0 radical (unpaired) electrons. The molecule has 3 heterocycles. The first-order valence-electron chi connectivity index (χ1n) is 13.3. The second-order valence-electron chi connectivity index (χ2n) is 10.1. The van der Waals surface area contributed by atoms with Crippen molar-refractivity contribution in [1.29, 1.82) is 0 Å². The van der Waals surface area contributed by atoms with Gasteiger partial charge in [-0.15, -0.1) is 11.8 Å². The fourth-order valence-corrected chi connectivity index (χ4v) is 6.58. The highest BCUT2D eigenvalue weighted by atomic mass is 32.2. The number of anilines is 1. The predicted octanol–water partition coefficient (Wildman–Crippen LogP) is 5.92. The number of carbonyl (C=O) groups is 2. The highest BCUT2D eigenvalue weighted by molar-refractivity contribution is 8.00. The average Bonchev–Trinajstić information content (AvgIpc) is 3.60. The summed E-state index contributed by atoms with van der Waals surface area (Å²) in [6.07, 6.45) is 1.87. The Morgan fingerprint density at radius 1 is 1.00 bits per heavy atom. The molecule has 0 spiro atoms. The zero-order valence-electron chi connectivity index (χ0n) is 22.0. The molecule has 0 N–H and O–H groups in total. The minimum Gasteiger partial charge on any atom is -0.341 e. The van der Waals surface area contributed by atoms with Crippen molar-refractivity contribution in [3.05, 3.63) is 101 Å². The van der Waals surface area contributed by atoms with Crippen LogP contribution >= 0.6 is 11.8 Å². The van der Waals surface area contributed by atoms with E-state index < -0.39 is 16.9 Å². The van der Waals surface area contributed by atoms with E-state index in [-0.39, 0.29) is 29.7 Å². The minimum atomic E-state index is -0.695. The Kier molecular flexibility index (Phi) is 7.14. The molecule has 4 aromatic rings. The summed E-state index contributed by atoms with van der Waals surface area (Å²) >= 11 is 1.26. The molecule has 2 aliphatic rings. The van der Waals surface area contributed by atoms with Crippen LogP contribution in [0.5, 0.6) is 0 Å². The van der Waals surface area contributed by atoms with Gasteiger partial charge in [-0.25, -0.2) is 13.5 Å². The van der Waals surface area contributed by atoms with Gasteiger partial charge in [-0.3, -0.25) is 14.5 Å². The average molecular weight is 559 g/mol. The molecule has 6 rings (SSSR count). The Morgan fingerprint density at radius 3 is 2.42 bits per heavy atom. The summed E-state index contributed by atoms with van der Waals surface area (Å²) in [5.41, 5.74) is 4.00. The van der Waals surface area contributed by atoms with Gasteiger partial charge in [-0.1, -0.05) is 54.1 Å². The summed E-state index contributed by atoms with van der Waals surface area (Å²) < 4.78 is 31.0. The molecule has 0 bridgehead atoms. The Hall–Kier alpha value is -3.98. The number of fused-ring (bicyclic) bond motifs is 1. The maximum absolute atomic E-state index is 15.3. The van der Waals surface area contributed by atoms with Crippen LogP contribution in [0.4, 0.5) is 14.6 Å². The van der Waals surface area contributed by atoms with Gasteiger partial charge in [0, 0.05) is 35.8 Å². The van der Waals surface area contributed by atoms with Gasteiger partial charge in [0.25, 0.3) is 0 Å². The maximum Gasteiger partial charge on any atom is 0.242 e. The molecule has 1 atom stereocenters. The van der Waals surface area contributed by atoms with Crippen LogP contribution in [0.2, 0.25) is 0 Å². The number of rotatable bonds is 5. The number of halogens is 2. The Labute approximate surface area is 235 Å². The number of thioether (sulfide) groups is 1. The van der Waals surface area contributed by atoms with Gasteiger partial charge in [-0.2, -0.15) is 5.10 Å². The first-order chi connectivity index (χ1) is 19.4. The van der Waals surface area contributed by atoms with Crippen molar-refractivity contribution in [1.82, 2.24) is 14.7 Å². The van der Waals surface area contributed by atoms with E-state index in [1.165, 1.54) is 28.8 Å². The van der Waals surface area contributed by atoms with Gasteiger partial charge in [0.15, 0.2) is 0 Å². The Bertz CT molecular complexity index is 1570. The lowest BCUT2D eigenvalue weighted by atomic mass is 9.99. The normalized spacial score (nSPS) is 17.2. The quantitative estimate of drug-likeness (QED) is 0.305. The number of amides is 2. The molecule has 9 heteroatoms. The van der Waals surface area contributed by atoms with Crippen LogP contribution in [0.25, 0.3) is 16.9 Å². The van der Waals surface area contributed by atoms with Gasteiger partial charge in [0.2, 0.25) is 11.8 Å². The second kappa shape index (κ2) is 10.9. The smallest absolute Gasteiger partial charge is 0.242 e. The third-order valence-electron chi connectivity index (χ3n) is 7.41. The highest BCUT2D eigenvalue weighted by Crippen LogP contribution is 2.49. The van der Waals surface area contributed by atoms with Crippen LogP contribution in [0, 0.1) is 18.6 Å². The van der Waals surface area contributed by atoms with E-state index in [0.29, 0.717) is 35.9 Å². The number of aryl methyl sites for hydroxylation is 1. The summed E-state index contributed by atoms with van der Waals surface area (Å²) in [7, 11) is 0. The van der Waals surface area contributed by atoms with Crippen molar-refractivity contribution in [2.45, 2.75) is 25.0 Å². The monoisotopic (exact) mass is 558 g/mol. The molecule has 2 amide bonds. The molecule has 0 aliphatic carbocycles. The first-order valence-corrected chi connectivity index (χ1v) is 14.4. The van der Waals surface area contributed by atoms with Crippen molar-refractivity contribution in [2.24, 2.45) is 0 Å². The number of hydrogen-bond acceptors (Lipinski definition) is 4. The van der Waals surface area contributed by atoms with Gasteiger partial charge >= 0.3 is 0 Å². The van der Waals surface area contributed by atoms with E-state index in [4.69, 9.17) is 5.10 Å². The topological polar surface area (TPSA) is 58.4 Å². The summed E-state index contributed by atoms with van der Waals surface area (Å²) in [5.74, 6) is -1.32. The lowest BCUT2D eigenvalue weighted by molar-refractivity contribution is -0.130. The largest absolute Gasteiger partial charge is 0.341 e. The lowest BCUT2D eigenvalue weighted by Gasteiger charge is -2.25. The molecule has 204 valence electrons. The minimum absolute atomic E-state index is 0.0194. The summed E-state index contributed by atoms with van der Waals surface area (Å²) in [6.45, 7) is 3.17. The van der Waals surface area contributed by atoms with Crippen LogP contribution in [0.1, 0.15) is 34.8 Å². The molecule has 1 unspecified atom stereocenters. The van der Waals surface area contributed by atoms with Gasteiger partial charge in [-0.05, 0) is 38.0 Å². The number of benzene rings is 3. The molecular formula is C31H28F2N4O2S. The van der Waals surface area contributed by atoms with E-state index in [0.717, 1.165) is 30.0 Å². The molecule has 2 aliphatic heterocycles. The predicted molar refractivity (Wildman–Crippen MR) is 153 cm³/mol. The molecule has 40 heavy (non-hydrogen) atoms. The summed E-state index contributed by atoms with van der Waals surface area (Å²) in [4.78, 5) is 30.4. The van der Waals surface area contributed by atoms with Gasteiger partial charge in [0.1, 0.15) is 24.0 Å². The Balaban J connectivity index is 1.61. The van der Waals surface area contributed by atoms with Crippen molar-refractivity contribution in [3.63, 3.8) is 0 Å². The maximum atomic E-state index is 15.3. The third kappa shape index (κ3) is 4.90. The fourth-order valence-electron chi connectivity index (χ4n) is 5.36. The number of nitrogens with zero attached hydrogens (tertiary/aromatic N) is 4. The standard InChI is InChI=1S/C31H28F2N4O2S/c1-20-9-12-23(13-10-20)37-31-28(29(34-37)21-7-3-2-4-8-21)30(24-14-11-22(32)17-25(24)33)40-19-27(39)36(31)18-26(38)35-15-5-6-16-35/h2-4,7-14,17,30H,5-6,15-16,18-19H2,1H3. The molecule has 1 fully saturated rings. The van der Waals surface area contributed by atoms with Crippen molar-refractivity contribution in [2.75, 3.05) is 30.3 Å². The molecule has 1 saturated heterocycles. The van der Waals surface area contributed by atoms with Gasteiger partial charge < -0.3 is 4.90 Å². The first kappa shape index (κ1) is 26.3. The van der Waals surface area contributed by atoms with Crippen molar-refractivity contribution >= 4 is 29.4 Å². The fraction of sp³-hybridized carbons (Fsp3) is 0.258. The third-order valence-corrected chi connectivity index (χ3v) is 8.65. The van der Waals surface area contributed by atoms with Crippen LogP contribution in [-0.4, -0.2) is 51.9 Å². The Morgan fingerprint density at radius 2 is 1.73 bits per heavy atom. The van der Waals surface area contributed by atoms with Crippen LogP contribution < -0.4 is 4.90 Å². The number of aromatic nitrogens is 2. The van der Waals surface area contributed by atoms with E-state index in [1.807, 2.05) is 61.5 Å². The molecule has 6 nitrogen and oxygen atoms in total. The molecular weight excluding hydrogens is 530 g/mol. The van der Waals surface area contributed by atoms with Crippen molar-refractivity contribution < 1.29 is 18.4 Å².